The van der Waals surface area contributed by atoms with Gasteiger partial charge in [0.2, 0.25) is 10.0 Å². The van der Waals surface area contributed by atoms with Gasteiger partial charge in [0.05, 0.1) is 18.9 Å². The molecule has 0 bridgehead atoms. The third-order valence-corrected chi connectivity index (χ3v) is 5.42. The Labute approximate surface area is 173 Å². The second kappa shape index (κ2) is 12.1. The average molecular weight is 419 g/mol. The number of nitrogens with zero attached hydrogens (tertiary/aromatic N) is 1. The number of hydrogen-bond acceptors (Lipinski definition) is 4. The maximum absolute atomic E-state index is 11.6. The molecule has 0 aromatic heterocycles. The molecule has 0 amide bonds. The lowest BCUT2D eigenvalue weighted by Gasteiger charge is -2.12. The smallest absolute Gasteiger partial charge is 0.215 e. The molecule has 158 valence electrons. The zero-order chi connectivity index (χ0) is 21.0. The van der Waals surface area contributed by atoms with Crippen LogP contribution in [-0.2, 0) is 22.3 Å². The summed E-state index contributed by atoms with van der Waals surface area (Å²) >= 11 is 0. The summed E-state index contributed by atoms with van der Waals surface area (Å²) in [6.45, 7) is 4.68. The van der Waals surface area contributed by atoms with Crippen molar-refractivity contribution in [3.05, 3.63) is 65.7 Å². The summed E-state index contributed by atoms with van der Waals surface area (Å²) in [4.78, 5) is 4.58. The van der Waals surface area contributed by atoms with Crippen molar-refractivity contribution < 1.29 is 13.2 Å². The molecule has 0 heterocycles. The number of para-hydroxylation sites is 1. The maximum Gasteiger partial charge on any atom is 0.215 e. The van der Waals surface area contributed by atoms with Crippen molar-refractivity contribution >= 4 is 16.0 Å². The number of ether oxygens (including phenoxy) is 1. The van der Waals surface area contributed by atoms with E-state index in [4.69, 9.17) is 4.74 Å². The van der Waals surface area contributed by atoms with Crippen molar-refractivity contribution in [1.29, 1.82) is 0 Å². The first-order chi connectivity index (χ1) is 14.0. The number of sulfonamides is 1. The summed E-state index contributed by atoms with van der Waals surface area (Å²) in [6.07, 6.45) is 0.855. The minimum absolute atomic E-state index is 0.0255. The van der Waals surface area contributed by atoms with Crippen LogP contribution < -0.4 is 20.1 Å². The molecule has 2 aromatic rings. The molecule has 7 nitrogen and oxygen atoms in total. The van der Waals surface area contributed by atoms with Crippen LogP contribution >= 0.6 is 0 Å². The summed E-state index contributed by atoms with van der Waals surface area (Å²) in [7, 11) is -1.84. The van der Waals surface area contributed by atoms with Crippen LogP contribution in [-0.4, -0.2) is 41.1 Å². The fourth-order valence-corrected chi connectivity index (χ4v) is 3.31. The Morgan fingerprint density at radius 3 is 2.34 bits per heavy atom. The molecule has 0 fully saturated rings. The second-order valence-corrected chi connectivity index (χ2v) is 8.34. The Balaban J connectivity index is 1.78. The van der Waals surface area contributed by atoms with Crippen LogP contribution in [0.1, 0.15) is 24.5 Å². The van der Waals surface area contributed by atoms with Crippen LogP contribution in [0.3, 0.4) is 0 Å². The van der Waals surface area contributed by atoms with Crippen LogP contribution in [0.15, 0.2) is 59.6 Å². The molecule has 8 heteroatoms. The number of hydrogen-bond donors (Lipinski definition) is 3. The highest BCUT2D eigenvalue weighted by Gasteiger charge is 2.08. The third-order valence-electron chi connectivity index (χ3n) is 4.08. The molecule has 0 aliphatic carbocycles. The topological polar surface area (TPSA) is 91.8 Å². The van der Waals surface area contributed by atoms with Gasteiger partial charge in [-0.2, -0.15) is 0 Å². The highest BCUT2D eigenvalue weighted by atomic mass is 32.2. The molecule has 0 saturated carbocycles. The Hall–Kier alpha value is -2.58. The van der Waals surface area contributed by atoms with Crippen molar-refractivity contribution in [2.75, 3.05) is 26.7 Å². The van der Waals surface area contributed by atoms with E-state index in [1.165, 1.54) is 7.05 Å². The summed E-state index contributed by atoms with van der Waals surface area (Å²) < 4.78 is 31.2. The predicted octanol–water partition coefficient (Wildman–Crippen LogP) is 2.26. The Morgan fingerprint density at radius 2 is 1.69 bits per heavy atom. The van der Waals surface area contributed by atoms with Crippen LogP contribution in [0.25, 0.3) is 0 Å². The van der Waals surface area contributed by atoms with Crippen LogP contribution in [0.2, 0.25) is 0 Å². The first-order valence-corrected chi connectivity index (χ1v) is 11.4. The van der Waals surface area contributed by atoms with Gasteiger partial charge in [-0.3, -0.25) is 0 Å². The zero-order valence-electron chi connectivity index (χ0n) is 17.0. The van der Waals surface area contributed by atoms with Crippen molar-refractivity contribution in [2.45, 2.75) is 25.6 Å². The van der Waals surface area contributed by atoms with Crippen molar-refractivity contribution in [3.8, 4) is 5.75 Å². The maximum atomic E-state index is 11.6. The van der Waals surface area contributed by atoms with Crippen LogP contribution in [0.5, 0.6) is 5.75 Å². The zero-order valence-corrected chi connectivity index (χ0v) is 17.8. The van der Waals surface area contributed by atoms with E-state index in [-0.39, 0.29) is 5.75 Å². The van der Waals surface area contributed by atoms with Crippen molar-refractivity contribution in [3.63, 3.8) is 0 Å². The minimum atomic E-state index is -3.26. The molecule has 2 rings (SSSR count). The van der Waals surface area contributed by atoms with Gasteiger partial charge in [0.25, 0.3) is 0 Å². The lowest BCUT2D eigenvalue weighted by atomic mass is 10.1. The standard InChI is InChI=1S/C21H30N4O3S/c1-3-23-21(24-14-7-15-28-20-8-5-4-6-9-20)25-16-18-10-12-19(13-11-18)17-29(26,27)22-2/h4-6,8-13,22H,3,7,14-17H2,1-2H3,(H2,23,24,25). The molecule has 0 spiro atoms. The van der Waals surface area contributed by atoms with E-state index in [1.807, 2.05) is 61.5 Å². The largest absolute Gasteiger partial charge is 0.494 e. The predicted molar refractivity (Wildman–Crippen MR) is 117 cm³/mol. The normalized spacial score (nSPS) is 11.9. The van der Waals surface area contributed by atoms with Gasteiger partial charge in [-0.25, -0.2) is 18.1 Å². The van der Waals surface area contributed by atoms with E-state index in [2.05, 4.69) is 20.3 Å². The molecule has 0 aliphatic rings. The number of nitrogens with one attached hydrogen (secondary N) is 3. The number of rotatable bonds is 11. The summed E-state index contributed by atoms with van der Waals surface area (Å²) in [5.41, 5.74) is 1.76. The quantitative estimate of drug-likeness (QED) is 0.296. The molecule has 3 N–H and O–H groups in total. The lowest BCUT2D eigenvalue weighted by Crippen LogP contribution is -2.38. The molecular weight excluding hydrogens is 388 g/mol. The van der Waals surface area contributed by atoms with Crippen molar-refractivity contribution in [1.82, 2.24) is 15.4 Å². The van der Waals surface area contributed by atoms with E-state index >= 15 is 0 Å². The highest BCUT2D eigenvalue weighted by molar-refractivity contribution is 7.88. The molecule has 0 aliphatic heterocycles. The van der Waals surface area contributed by atoms with Crippen molar-refractivity contribution in [2.24, 2.45) is 4.99 Å². The number of benzene rings is 2. The van der Waals surface area contributed by atoms with Gasteiger partial charge >= 0.3 is 0 Å². The number of aliphatic imine (C=N–C) groups is 1. The van der Waals surface area contributed by atoms with E-state index < -0.39 is 10.0 Å². The Morgan fingerprint density at radius 1 is 1.00 bits per heavy atom. The van der Waals surface area contributed by atoms with Gasteiger partial charge in [0, 0.05) is 13.1 Å². The molecule has 0 radical (unpaired) electrons. The molecule has 29 heavy (non-hydrogen) atoms. The highest BCUT2D eigenvalue weighted by Crippen LogP contribution is 2.09. The summed E-state index contributed by atoms with van der Waals surface area (Å²) in [5.74, 6) is 1.59. The lowest BCUT2D eigenvalue weighted by molar-refractivity contribution is 0.311. The Kier molecular flexibility index (Phi) is 9.46. The summed E-state index contributed by atoms with van der Waals surface area (Å²) in [5, 5.41) is 6.52. The molecular formula is C21H30N4O3S. The molecule has 0 saturated heterocycles. The average Bonchev–Trinajstić information content (AvgIpc) is 2.73. The molecule has 0 atom stereocenters. The summed E-state index contributed by atoms with van der Waals surface area (Å²) in [6, 6.07) is 17.2. The van der Waals surface area contributed by atoms with Gasteiger partial charge in [-0.05, 0) is 43.7 Å². The van der Waals surface area contributed by atoms with Crippen LogP contribution in [0, 0.1) is 0 Å². The first-order valence-electron chi connectivity index (χ1n) is 9.71. The SMILES string of the molecule is CCNC(=NCc1ccc(CS(=O)(=O)NC)cc1)NCCCOc1ccccc1. The van der Waals surface area contributed by atoms with Gasteiger partial charge in [-0.1, -0.05) is 42.5 Å². The molecule has 2 aromatic carbocycles. The van der Waals surface area contributed by atoms with E-state index in [0.29, 0.717) is 13.2 Å². The first kappa shape index (κ1) is 22.7. The Bertz CT molecular complexity index is 853. The van der Waals surface area contributed by atoms with Gasteiger partial charge in [0.15, 0.2) is 5.96 Å². The van der Waals surface area contributed by atoms with Gasteiger partial charge in [0.1, 0.15) is 5.75 Å². The monoisotopic (exact) mass is 418 g/mol. The van der Waals surface area contributed by atoms with E-state index in [1.54, 1.807) is 0 Å². The fourth-order valence-electron chi connectivity index (χ4n) is 2.53. The van der Waals surface area contributed by atoms with E-state index in [9.17, 15) is 8.42 Å². The minimum Gasteiger partial charge on any atom is -0.494 e. The number of guanidine groups is 1. The van der Waals surface area contributed by atoms with E-state index in [0.717, 1.165) is 42.3 Å². The van der Waals surface area contributed by atoms with Crippen LogP contribution in [0.4, 0.5) is 0 Å². The second-order valence-electron chi connectivity index (χ2n) is 6.42. The molecule has 0 unspecified atom stereocenters. The van der Waals surface area contributed by atoms with Gasteiger partial charge in [-0.15, -0.1) is 0 Å². The third kappa shape index (κ3) is 8.97. The van der Waals surface area contributed by atoms with Gasteiger partial charge < -0.3 is 15.4 Å². The fraction of sp³-hybridized carbons (Fsp3) is 0.381.